The molecule has 3 nitrogen and oxygen atoms in total. The zero-order chi connectivity index (χ0) is 5.11. The van der Waals surface area contributed by atoms with E-state index in [-0.39, 0.29) is 4.87 Å². The van der Waals surface area contributed by atoms with Crippen LogP contribution in [0.5, 0.6) is 0 Å². The second-order valence-corrected chi connectivity index (χ2v) is 1.68. The second kappa shape index (κ2) is 1.79. The van der Waals surface area contributed by atoms with E-state index >= 15 is 0 Å². The molecule has 1 heterocycles. The third-order valence-corrected chi connectivity index (χ3v) is 0.978. The average Bonchev–Trinajstić information content (AvgIpc) is 1.69. The lowest BCUT2D eigenvalue weighted by Crippen LogP contribution is -1.96. The summed E-state index contributed by atoms with van der Waals surface area (Å²) in [5.41, 5.74) is 1.45. The Bertz CT molecular complexity index is 179. The number of hydrogen-bond acceptors (Lipinski definition) is 4. The molecule has 0 saturated carbocycles. The maximum Gasteiger partial charge on any atom is 0.329 e. The molecular formula is C3H2N2OS. The fraction of sp³-hybridized carbons (Fsp3) is 0. The van der Waals surface area contributed by atoms with Crippen LogP contribution in [0.3, 0.4) is 0 Å². The van der Waals surface area contributed by atoms with E-state index in [2.05, 4.69) is 9.97 Å². The summed E-state index contributed by atoms with van der Waals surface area (Å²) in [4.78, 5) is 16.8. The summed E-state index contributed by atoms with van der Waals surface area (Å²) in [6, 6.07) is 0. The molecule has 0 aliphatic carbocycles. The van der Waals surface area contributed by atoms with Crippen molar-refractivity contribution in [2.24, 2.45) is 0 Å². The minimum atomic E-state index is -0.199. The van der Waals surface area contributed by atoms with E-state index in [4.69, 9.17) is 0 Å². The van der Waals surface area contributed by atoms with Gasteiger partial charge in [0.1, 0.15) is 6.33 Å². The summed E-state index contributed by atoms with van der Waals surface area (Å²) in [7, 11) is 0. The molecule has 0 aliphatic rings. The number of hydrogen-bond donors (Lipinski definition) is 0. The smallest absolute Gasteiger partial charge is 0.255 e. The maximum absolute atomic E-state index is 10.1. The van der Waals surface area contributed by atoms with Crippen molar-refractivity contribution in [1.82, 2.24) is 9.97 Å². The fourth-order valence-corrected chi connectivity index (χ4v) is 0.527. The molecule has 0 unspecified atom stereocenters. The van der Waals surface area contributed by atoms with Crippen LogP contribution in [0.1, 0.15) is 0 Å². The van der Waals surface area contributed by atoms with Gasteiger partial charge in [-0.15, -0.1) is 0 Å². The molecule has 4 heteroatoms. The lowest BCUT2D eigenvalue weighted by atomic mass is 11.2. The molecule has 0 fully saturated rings. The first kappa shape index (κ1) is 4.39. The van der Waals surface area contributed by atoms with E-state index in [0.29, 0.717) is 0 Å². The summed E-state index contributed by atoms with van der Waals surface area (Å²) >= 11 is 0.990. The summed E-state index contributed by atoms with van der Waals surface area (Å²) in [6.07, 6.45) is 1.23. The van der Waals surface area contributed by atoms with Crippen molar-refractivity contribution in [3.05, 3.63) is 21.5 Å². The molecule has 36 valence electrons. The van der Waals surface area contributed by atoms with Gasteiger partial charge in [0.15, 0.2) is 0 Å². The topological polar surface area (TPSA) is 42.9 Å². The van der Waals surface area contributed by atoms with Gasteiger partial charge in [-0.2, -0.15) is 4.98 Å². The lowest BCUT2D eigenvalue weighted by Gasteiger charge is -1.69. The predicted molar refractivity (Wildman–Crippen MR) is 26.2 cm³/mol. The van der Waals surface area contributed by atoms with Gasteiger partial charge in [-0.05, 0) is 0 Å². The van der Waals surface area contributed by atoms with Gasteiger partial charge in [-0.3, -0.25) is 4.79 Å². The minimum absolute atomic E-state index is 0.199. The molecule has 0 saturated heterocycles. The zero-order valence-corrected chi connectivity index (χ0v) is 4.18. The highest BCUT2D eigenvalue weighted by Gasteiger charge is 1.74. The summed E-state index contributed by atoms with van der Waals surface area (Å²) < 4.78 is 0. The van der Waals surface area contributed by atoms with Gasteiger partial charge in [0.2, 0.25) is 0 Å². The molecule has 0 spiro atoms. The zero-order valence-electron chi connectivity index (χ0n) is 3.37. The van der Waals surface area contributed by atoms with Gasteiger partial charge in [0, 0.05) is 0 Å². The molecule has 0 bridgehead atoms. The van der Waals surface area contributed by atoms with Gasteiger partial charge in [0.05, 0.1) is 5.51 Å². The number of nitrogens with zero attached hydrogens (tertiary/aromatic N) is 2. The van der Waals surface area contributed by atoms with Crippen molar-refractivity contribution >= 4 is 11.3 Å². The molecule has 0 N–H and O–H groups in total. The van der Waals surface area contributed by atoms with Crippen molar-refractivity contribution in [2.45, 2.75) is 0 Å². The van der Waals surface area contributed by atoms with Crippen LogP contribution in [-0.2, 0) is 0 Å². The summed E-state index contributed by atoms with van der Waals surface area (Å²) in [5, 5.41) is 0. The van der Waals surface area contributed by atoms with Crippen molar-refractivity contribution in [1.29, 1.82) is 0 Å². The third-order valence-electron chi connectivity index (χ3n) is 0.444. The first-order chi connectivity index (χ1) is 3.39. The monoisotopic (exact) mass is 114 g/mol. The van der Waals surface area contributed by atoms with Crippen LogP contribution in [0.2, 0.25) is 0 Å². The first-order valence-corrected chi connectivity index (χ1v) is 2.52. The summed E-state index contributed by atoms with van der Waals surface area (Å²) in [5.74, 6) is 0. The van der Waals surface area contributed by atoms with Crippen molar-refractivity contribution in [3.63, 3.8) is 0 Å². The molecule has 1 rings (SSSR count). The van der Waals surface area contributed by atoms with Crippen molar-refractivity contribution < 1.29 is 0 Å². The van der Waals surface area contributed by atoms with Crippen LogP contribution in [0.15, 0.2) is 16.6 Å². The highest BCUT2D eigenvalue weighted by Crippen LogP contribution is 1.71. The van der Waals surface area contributed by atoms with Gasteiger partial charge in [-0.25, -0.2) is 4.98 Å². The molecule has 1 aromatic rings. The van der Waals surface area contributed by atoms with Crippen LogP contribution in [0.25, 0.3) is 0 Å². The van der Waals surface area contributed by atoms with Gasteiger partial charge < -0.3 is 0 Å². The van der Waals surface area contributed by atoms with Crippen molar-refractivity contribution in [2.75, 3.05) is 0 Å². The van der Waals surface area contributed by atoms with Crippen LogP contribution >= 0.6 is 11.3 Å². The van der Waals surface area contributed by atoms with Crippen LogP contribution in [0.4, 0.5) is 0 Å². The second-order valence-electron chi connectivity index (χ2n) is 0.883. The summed E-state index contributed by atoms with van der Waals surface area (Å²) in [6.45, 7) is 0. The largest absolute Gasteiger partial charge is 0.329 e. The highest BCUT2D eigenvalue weighted by molar-refractivity contribution is 7.06. The molecular weight excluding hydrogens is 112 g/mol. The standard InChI is InChI=1S/C3H2N2OS/c6-3-5-1-4-2-7-3/h1-2H. The Kier molecular flexibility index (Phi) is 1.12. The molecule has 0 radical (unpaired) electrons. The van der Waals surface area contributed by atoms with Gasteiger partial charge in [0.25, 0.3) is 0 Å². The number of rotatable bonds is 0. The van der Waals surface area contributed by atoms with E-state index in [1.165, 1.54) is 11.8 Å². The molecule has 0 aliphatic heterocycles. The Hall–Kier alpha value is -0.770. The fourth-order valence-electron chi connectivity index (χ4n) is 0.214. The van der Waals surface area contributed by atoms with E-state index in [1.807, 2.05) is 0 Å². The van der Waals surface area contributed by atoms with Crippen LogP contribution in [0, 0.1) is 0 Å². The van der Waals surface area contributed by atoms with Gasteiger partial charge >= 0.3 is 4.87 Å². The minimum Gasteiger partial charge on any atom is -0.255 e. The van der Waals surface area contributed by atoms with Crippen molar-refractivity contribution in [3.8, 4) is 0 Å². The normalized spacial score (nSPS) is 8.57. The Labute approximate surface area is 43.7 Å². The van der Waals surface area contributed by atoms with E-state index < -0.39 is 0 Å². The number of aromatic nitrogens is 2. The highest BCUT2D eigenvalue weighted by atomic mass is 32.1. The molecule has 7 heavy (non-hydrogen) atoms. The van der Waals surface area contributed by atoms with Gasteiger partial charge in [-0.1, -0.05) is 11.3 Å². The van der Waals surface area contributed by atoms with Crippen LogP contribution in [-0.4, -0.2) is 9.97 Å². The lowest BCUT2D eigenvalue weighted by molar-refractivity contribution is 1.18. The van der Waals surface area contributed by atoms with Crippen LogP contribution < -0.4 is 4.87 Å². The quantitative estimate of drug-likeness (QED) is 0.473. The van der Waals surface area contributed by atoms with E-state index in [9.17, 15) is 4.79 Å². The Morgan fingerprint density at radius 2 is 2.57 bits per heavy atom. The maximum atomic E-state index is 10.1. The van der Waals surface area contributed by atoms with E-state index in [0.717, 1.165) is 11.3 Å². The SMILES string of the molecule is O=c1ncncs1. The van der Waals surface area contributed by atoms with E-state index in [1.54, 1.807) is 0 Å². The predicted octanol–water partition coefficient (Wildman–Crippen LogP) is -0.102. The Balaban J connectivity index is 3.28. The molecule has 0 amide bonds. The Morgan fingerprint density at radius 1 is 1.71 bits per heavy atom. The molecule has 1 aromatic heterocycles. The first-order valence-electron chi connectivity index (χ1n) is 1.64. The Morgan fingerprint density at radius 3 is 2.86 bits per heavy atom. The third kappa shape index (κ3) is 1.04. The molecule has 0 atom stereocenters. The molecule has 0 aromatic carbocycles. The average molecular weight is 114 g/mol.